The van der Waals surface area contributed by atoms with Crippen LogP contribution in [0.4, 0.5) is 0 Å². The summed E-state index contributed by atoms with van der Waals surface area (Å²) in [5.74, 6) is 0. The zero-order valence-corrected chi connectivity index (χ0v) is 10.2. The van der Waals surface area contributed by atoms with Crippen molar-refractivity contribution in [2.45, 2.75) is 19.5 Å². The molecule has 18 heavy (non-hydrogen) atoms. The first-order valence-electron chi connectivity index (χ1n) is 5.78. The van der Waals surface area contributed by atoms with Gasteiger partial charge in [0.25, 0.3) is 0 Å². The highest BCUT2D eigenvalue weighted by atomic mass is 14.9. The first-order valence-corrected chi connectivity index (χ1v) is 5.78. The van der Waals surface area contributed by atoms with Crippen LogP contribution in [0.15, 0.2) is 42.9 Å². The van der Waals surface area contributed by atoms with Crippen LogP contribution in [0.25, 0.3) is 0 Å². The highest BCUT2D eigenvalue weighted by molar-refractivity contribution is 5.30. The topological polar surface area (TPSA) is 61.6 Å². The molecule has 90 valence electrons. The Bertz CT molecular complexity index is 545. The third-order valence-electron chi connectivity index (χ3n) is 2.80. The van der Waals surface area contributed by atoms with Crippen LogP contribution >= 0.6 is 0 Å². The van der Waals surface area contributed by atoms with Gasteiger partial charge in [0.05, 0.1) is 0 Å². The summed E-state index contributed by atoms with van der Waals surface area (Å²) in [5, 5.41) is 12.3. The van der Waals surface area contributed by atoms with Crippen molar-refractivity contribution in [2.24, 2.45) is 0 Å². The lowest BCUT2D eigenvalue weighted by Crippen LogP contribution is -2.18. The van der Waals surface area contributed by atoms with Gasteiger partial charge in [0.15, 0.2) is 0 Å². The van der Waals surface area contributed by atoms with E-state index in [9.17, 15) is 0 Å². The van der Waals surface area contributed by atoms with Gasteiger partial charge in [-0.2, -0.15) is 5.26 Å². The van der Waals surface area contributed by atoms with Gasteiger partial charge in [-0.1, -0.05) is 6.07 Å². The molecule has 0 aliphatic carbocycles. The second kappa shape index (κ2) is 5.89. The standard InChI is InChI=1S/C14H14N4/c1-11(12-4-7-16-8-5-12)18-10-13-3-2-6-17-14(13)9-15/h2-8,11,18H,10H2,1H3. The Morgan fingerprint density at radius 1 is 1.28 bits per heavy atom. The summed E-state index contributed by atoms with van der Waals surface area (Å²) >= 11 is 0. The van der Waals surface area contributed by atoms with E-state index in [0.29, 0.717) is 12.2 Å². The lowest BCUT2D eigenvalue weighted by molar-refractivity contribution is 0.572. The van der Waals surface area contributed by atoms with Gasteiger partial charge in [-0.05, 0) is 30.7 Å². The molecular weight excluding hydrogens is 224 g/mol. The number of nitriles is 1. The molecule has 1 unspecified atom stereocenters. The predicted octanol–water partition coefficient (Wildman–Crippen LogP) is 2.20. The maximum Gasteiger partial charge on any atom is 0.144 e. The van der Waals surface area contributed by atoms with Gasteiger partial charge in [0.2, 0.25) is 0 Å². The summed E-state index contributed by atoms with van der Waals surface area (Å²) in [7, 11) is 0. The quantitative estimate of drug-likeness (QED) is 0.887. The maximum atomic E-state index is 8.95. The number of pyridine rings is 2. The van der Waals surface area contributed by atoms with E-state index in [1.807, 2.05) is 24.3 Å². The fourth-order valence-corrected chi connectivity index (χ4v) is 1.71. The van der Waals surface area contributed by atoms with Crippen LogP contribution in [0.2, 0.25) is 0 Å². The van der Waals surface area contributed by atoms with E-state index in [0.717, 1.165) is 5.56 Å². The second-order valence-corrected chi connectivity index (χ2v) is 4.01. The Labute approximate surface area is 106 Å². The fourth-order valence-electron chi connectivity index (χ4n) is 1.71. The van der Waals surface area contributed by atoms with E-state index >= 15 is 0 Å². The molecule has 2 aromatic heterocycles. The molecule has 0 fully saturated rings. The average molecular weight is 238 g/mol. The van der Waals surface area contributed by atoms with Crippen LogP contribution in [-0.4, -0.2) is 9.97 Å². The molecule has 0 saturated carbocycles. The number of hydrogen-bond acceptors (Lipinski definition) is 4. The van der Waals surface area contributed by atoms with Crippen molar-refractivity contribution in [2.75, 3.05) is 0 Å². The molecule has 2 aromatic rings. The zero-order chi connectivity index (χ0) is 12.8. The summed E-state index contributed by atoms with van der Waals surface area (Å²) in [5.41, 5.74) is 2.57. The molecule has 0 amide bonds. The number of aromatic nitrogens is 2. The second-order valence-electron chi connectivity index (χ2n) is 4.01. The molecular formula is C14H14N4. The Hall–Kier alpha value is -2.25. The zero-order valence-electron chi connectivity index (χ0n) is 10.2. The van der Waals surface area contributed by atoms with Crippen molar-refractivity contribution in [1.29, 1.82) is 5.26 Å². The highest BCUT2D eigenvalue weighted by Crippen LogP contribution is 2.12. The molecule has 0 spiro atoms. The monoisotopic (exact) mass is 238 g/mol. The third-order valence-corrected chi connectivity index (χ3v) is 2.80. The molecule has 0 saturated heterocycles. The summed E-state index contributed by atoms with van der Waals surface area (Å²) in [6, 6.07) is 10.0. The molecule has 0 aliphatic heterocycles. The van der Waals surface area contributed by atoms with Gasteiger partial charge >= 0.3 is 0 Å². The van der Waals surface area contributed by atoms with E-state index in [2.05, 4.69) is 28.3 Å². The first kappa shape index (κ1) is 12.2. The maximum absolute atomic E-state index is 8.95. The van der Waals surface area contributed by atoms with Gasteiger partial charge in [0, 0.05) is 36.7 Å². The highest BCUT2D eigenvalue weighted by Gasteiger charge is 2.06. The van der Waals surface area contributed by atoms with E-state index in [1.54, 1.807) is 18.6 Å². The minimum Gasteiger partial charge on any atom is -0.306 e. The van der Waals surface area contributed by atoms with Crippen molar-refractivity contribution in [3.05, 3.63) is 59.7 Å². The van der Waals surface area contributed by atoms with Crippen LogP contribution in [0.5, 0.6) is 0 Å². The molecule has 4 nitrogen and oxygen atoms in total. The predicted molar refractivity (Wildman–Crippen MR) is 68.4 cm³/mol. The minimum atomic E-state index is 0.208. The summed E-state index contributed by atoms with van der Waals surface area (Å²) < 4.78 is 0. The van der Waals surface area contributed by atoms with Gasteiger partial charge in [-0.25, -0.2) is 4.98 Å². The molecule has 0 bridgehead atoms. The van der Waals surface area contributed by atoms with Gasteiger partial charge in [-0.3, -0.25) is 4.98 Å². The Kier molecular flexibility index (Phi) is 4.00. The average Bonchev–Trinajstić information content (AvgIpc) is 2.46. The third kappa shape index (κ3) is 2.90. The van der Waals surface area contributed by atoms with Gasteiger partial charge in [-0.15, -0.1) is 0 Å². The number of nitrogens with one attached hydrogen (secondary N) is 1. The fraction of sp³-hybridized carbons (Fsp3) is 0.214. The SMILES string of the molecule is CC(NCc1cccnc1C#N)c1ccncc1. The molecule has 4 heteroatoms. The van der Waals surface area contributed by atoms with Crippen LogP contribution < -0.4 is 5.32 Å². The normalized spacial score (nSPS) is 11.8. The van der Waals surface area contributed by atoms with E-state index in [-0.39, 0.29) is 6.04 Å². The molecule has 0 aliphatic rings. The van der Waals surface area contributed by atoms with Crippen molar-refractivity contribution in [1.82, 2.24) is 15.3 Å². The summed E-state index contributed by atoms with van der Waals surface area (Å²) in [6.07, 6.45) is 5.19. The van der Waals surface area contributed by atoms with Crippen molar-refractivity contribution in [3.63, 3.8) is 0 Å². The van der Waals surface area contributed by atoms with E-state index < -0.39 is 0 Å². The number of nitrogens with zero attached hydrogens (tertiary/aromatic N) is 3. The van der Waals surface area contributed by atoms with Crippen LogP contribution in [0, 0.1) is 11.3 Å². The van der Waals surface area contributed by atoms with Gasteiger partial charge < -0.3 is 5.32 Å². The van der Waals surface area contributed by atoms with Crippen LogP contribution in [-0.2, 0) is 6.54 Å². The molecule has 1 atom stereocenters. The van der Waals surface area contributed by atoms with Crippen molar-refractivity contribution < 1.29 is 0 Å². The van der Waals surface area contributed by atoms with E-state index in [1.165, 1.54) is 5.56 Å². The van der Waals surface area contributed by atoms with Gasteiger partial charge in [0.1, 0.15) is 11.8 Å². The Morgan fingerprint density at radius 3 is 2.78 bits per heavy atom. The molecule has 0 aromatic carbocycles. The minimum absolute atomic E-state index is 0.208. The molecule has 1 N–H and O–H groups in total. The van der Waals surface area contributed by atoms with Crippen LogP contribution in [0.1, 0.15) is 29.8 Å². The smallest absolute Gasteiger partial charge is 0.144 e. The Balaban J connectivity index is 2.02. The number of rotatable bonds is 4. The Morgan fingerprint density at radius 2 is 2.06 bits per heavy atom. The summed E-state index contributed by atoms with van der Waals surface area (Å²) in [6.45, 7) is 2.71. The lowest BCUT2D eigenvalue weighted by Gasteiger charge is -2.14. The molecule has 2 heterocycles. The summed E-state index contributed by atoms with van der Waals surface area (Å²) in [4.78, 5) is 8.03. The molecule has 2 rings (SSSR count). The van der Waals surface area contributed by atoms with E-state index in [4.69, 9.17) is 5.26 Å². The van der Waals surface area contributed by atoms with Crippen molar-refractivity contribution in [3.8, 4) is 6.07 Å². The van der Waals surface area contributed by atoms with Crippen LogP contribution in [0.3, 0.4) is 0 Å². The lowest BCUT2D eigenvalue weighted by atomic mass is 10.1. The molecule has 0 radical (unpaired) electrons. The first-order chi connectivity index (χ1) is 8.81. The van der Waals surface area contributed by atoms with Crippen molar-refractivity contribution >= 4 is 0 Å². The largest absolute Gasteiger partial charge is 0.306 e. The number of hydrogen-bond donors (Lipinski definition) is 1.